The van der Waals surface area contributed by atoms with Gasteiger partial charge in [-0.2, -0.15) is 13.2 Å². The fourth-order valence-corrected chi connectivity index (χ4v) is 5.97. The number of thiazole rings is 1. The van der Waals surface area contributed by atoms with Gasteiger partial charge in [0.1, 0.15) is 12.1 Å². The number of aromatic nitrogens is 4. The van der Waals surface area contributed by atoms with Crippen molar-refractivity contribution < 1.29 is 22.7 Å². The van der Waals surface area contributed by atoms with Gasteiger partial charge in [-0.05, 0) is 67.4 Å². The van der Waals surface area contributed by atoms with E-state index in [2.05, 4.69) is 20.7 Å². The number of fused-ring (bicyclic) bond motifs is 1. The normalized spacial score (nSPS) is 14.7. The Morgan fingerprint density at radius 3 is 2.71 bits per heavy atom. The first-order chi connectivity index (χ1) is 18.2. The number of piperidine rings is 1. The number of hydrogen-bond donors (Lipinski definition) is 2. The van der Waals surface area contributed by atoms with Crippen LogP contribution in [0.5, 0.6) is 0 Å². The summed E-state index contributed by atoms with van der Waals surface area (Å²) in [5, 5.41) is 15.2. The van der Waals surface area contributed by atoms with E-state index in [0.717, 1.165) is 40.3 Å². The summed E-state index contributed by atoms with van der Waals surface area (Å²) in [7, 11) is 0. The number of carbonyl (C=O) groups is 1. The molecule has 200 valence electrons. The van der Waals surface area contributed by atoms with E-state index in [0.29, 0.717) is 25.2 Å². The van der Waals surface area contributed by atoms with E-state index in [1.807, 2.05) is 25.1 Å². The van der Waals surface area contributed by atoms with Crippen LogP contribution in [0.3, 0.4) is 0 Å². The van der Waals surface area contributed by atoms with Gasteiger partial charge in [0.15, 0.2) is 0 Å². The maximum atomic E-state index is 12.5. The first-order valence-electron chi connectivity index (χ1n) is 12.0. The van der Waals surface area contributed by atoms with Gasteiger partial charge in [0, 0.05) is 34.5 Å². The van der Waals surface area contributed by atoms with Crippen molar-refractivity contribution in [3.63, 3.8) is 0 Å². The van der Waals surface area contributed by atoms with Crippen molar-refractivity contribution in [2.75, 3.05) is 18.4 Å². The fraction of sp³-hybridized carbons (Fsp3) is 0.360. The van der Waals surface area contributed by atoms with Gasteiger partial charge in [-0.25, -0.2) is 9.78 Å². The van der Waals surface area contributed by atoms with Gasteiger partial charge >= 0.3 is 11.6 Å². The zero-order chi connectivity index (χ0) is 26.7. The molecule has 2 aromatic carbocycles. The Bertz CT molecular complexity index is 1400. The summed E-state index contributed by atoms with van der Waals surface area (Å²) in [5.41, 5.74) is -0.0329. The molecule has 13 heteroatoms. The highest BCUT2D eigenvalue weighted by Gasteiger charge is 2.29. The number of nitrogens with zero attached hydrogens (tertiary/aromatic N) is 4. The third kappa shape index (κ3) is 6.57. The van der Waals surface area contributed by atoms with E-state index >= 15 is 0 Å². The second kappa shape index (κ2) is 11.2. The summed E-state index contributed by atoms with van der Waals surface area (Å²) in [6.45, 7) is 3.82. The average Bonchev–Trinajstić information content (AvgIpc) is 3.52. The number of alkyl halides is 3. The molecule has 0 bridgehead atoms. The summed E-state index contributed by atoms with van der Waals surface area (Å²) in [6.07, 6.45) is 1.17. The van der Waals surface area contributed by atoms with Gasteiger partial charge in [-0.15, -0.1) is 16.4 Å². The number of aryl methyl sites for hydroxylation is 1. The Morgan fingerprint density at radius 1 is 1.21 bits per heavy atom. The number of aromatic amines is 1. The van der Waals surface area contributed by atoms with Crippen LogP contribution in [-0.4, -0.2) is 50.0 Å². The maximum Gasteiger partial charge on any atom is 0.446 e. The zero-order valence-electron chi connectivity index (χ0n) is 20.4. The molecule has 4 aromatic rings. The van der Waals surface area contributed by atoms with Gasteiger partial charge in [-0.1, -0.05) is 17.3 Å². The van der Waals surface area contributed by atoms with Crippen molar-refractivity contribution in [1.82, 2.24) is 25.3 Å². The summed E-state index contributed by atoms with van der Waals surface area (Å²) >= 11 is 1.53. The molecule has 2 N–H and O–H groups in total. The van der Waals surface area contributed by atoms with Gasteiger partial charge in [0.2, 0.25) is 0 Å². The number of carbonyl (C=O) groups excluding carboxylic acids is 1. The van der Waals surface area contributed by atoms with Crippen LogP contribution in [0.4, 0.5) is 23.7 Å². The number of likely N-dealkylation sites (tertiary alicyclic amines) is 1. The Kier molecular flexibility index (Phi) is 7.75. The van der Waals surface area contributed by atoms with Crippen molar-refractivity contribution in [2.24, 2.45) is 0 Å². The Balaban J connectivity index is 1.09. The van der Waals surface area contributed by atoms with Crippen LogP contribution in [0.25, 0.3) is 11.0 Å². The molecule has 1 fully saturated rings. The molecule has 2 aromatic heterocycles. The standard InChI is InChI=1S/C25H25F3N6O2S2/c1-15-22(13-29-18-4-7-20-21(12-18)32-33-31-20)37-23(30-15)17-8-10-34(11-9-17)24(35)36-14-16-2-5-19(6-3-16)38-25(26,27)28/h2-7,12,17,29H,8-11,13-14H2,1H3,(H,31,32,33). The van der Waals surface area contributed by atoms with Crippen LogP contribution >= 0.6 is 23.1 Å². The Hall–Kier alpha value is -3.32. The largest absolute Gasteiger partial charge is 0.446 e. The van der Waals surface area contributed by atoms with Crippen molar-refractivity contribution in [1.29, 1.82) is 0 Å². The second-order valence-electron chi connectivity index (χ2n) is 8.97. The number of H-pyrrole nitrogens is 1. The molecule has 0 radical (unpaired) electrons. The van der Waals surface area contributed by atoms with Crippen LogP contribution in [-0.2, 0) is 17.9 Å². The molecule has 8 nitrogen and oxygen atoms in total. The van der Waals surface area contributed by atoms with E-state index in [4.69, 9.17) is 9.72 Å². The zero-order valence-corrected chi connectivity index (χ0v) is 22.1. The first-order valence-corrected chi connectivity index (χ1v) is 13.6. The van der Waals surface area contributed by atoms with Gasteiger partial charge in [0.05, 0.1) is 22.8 Å². The molecular weight excluding hydrogens is 537 g/mol. The number of thioether (sulfide) groups is 1. The Labute approximate surface area is 225 Å². The number of anilines is 1. The topological polar surface area (TPSA) is 96.0 Å². The summed E-state index contributed by atoms with van der Waals surface area (Å²) in [4.78, 5) is 20.3. The van der Waals surface area contributed by atoms with Gasteiger partial charge < -0.3 is 15.0 Å². The quantitative estimate of drug-likeness (QED) is 0.250. The lowest BCUT2D eigenvalue weighted by atomic mass is 9.98. The van der Waals surface area contributed by atoms with Crippen molar-refractivity contribution in [3.8, 4) is 0 Å². The first kappa shape index (κ1) is 26.3. The van der Waals surface area contributed by atoms with Crippen molar-refractivity contribution >= 4 is 45.9 Å². The molecule has 38 heavy (non-hydrogen) atoms. The number of amides is 1. The highest BCUT2D eigenvalue weighted by Crippen LogP contribution is 2.37. The monoisotopic (exact) mass is 562 g/mol. The molecule has 0 saturated carbocycles. The van der Waals surface area contributed by atoms with Crippen molar-refractivity contribution in [3.05, 3.63) is 63.6 Å². The minimum Gasteiger partial charge on any atom is -0.445 e. The average molecular weight is 563 g/mol. The number of rotatable bonds is 7. The molecule has 5 rings (SSSR count). The number of nitrogens with one attached hydrogen (secondary N) is 2. The number of benzene rings is 2. The lowest BCUT2D eigenvalue weighted by Crippen LogP contribution is -2.38. The highest BCUT2D eigenvalue weighted by molar-refractivity contribution is 8.00. The van der Waals surface area contributed by atoms with E-state index in [1.54, 1.807) is 16.2 Å². The van der Waals surface area contributed by atoms with E-state index in [1.165, 1.54) is 29.1 Å². The van der Waals surface area contributed by atoms with Crippen LogP contribution < -0.4 is 5.32 Å². The van der Waals surface area contributed by atoms with Gasteiger partial charge in [0.25, 0.3) is 0 Å². The van der Waals surface area contributed by atoms with Gasteiger partial charge in [-0.3, -0.25) is 5.10 Å². The predicted octanol–water partition coefficient (Wildman–Crippen LogP) is 6.46. The molecule has 0 unspecified atom stereocenters. The smallest absolute Gasteiger partial charge is 0.445 e. The molecular formula is C25H25F3N6O2S2. The van der Waals surface area contributed by atoms with Crippen LogP contribution in [0.2, 0.25) is 0 Å². The SMILES string of the molecule is Cc1nc(C2CCN(C(=O)OCc3ccc(SC(F)(F)F)cc3)CC2)sc1CNc1ccc2[nH]nnc2c1. The minimum absolute atomic E-state index is 0.0152. The molecule has 1 saturated heterocycles. The lowest BCUT2D eigenvalue weighted by molar-refractivity contribution is -0.0328. The van der Waals surface area contributed by atoms with Crippen LogP contribution in [0.15, 0.2) is 47.4 Å². The molecule has 0 spiro atoms. The minimum atomic E-state index is -4.33. The summed E-state index contributed by atoms with van der Waals surface area (Å²) in [5.74, 6) is 0.279. The lowest BCUT2D eigenvalue weighted by Gasteiger charge is -2.30. The predicted molar refractivity (Wildman–Crippen MR) is 140 cm³/mol. The third-order valence-electron chi connectivity index (χ3n) is 6.31. The highest BCUT2D eigenvalue weighted by atomic mass is 32.2. The summed E-state index contributed by atoms with van der Waals surface area (Å²) in [6, 6.07) is 11.7. The molecule has 1 aliphatic heterocycles. The number of ether oxygens (including phenoxy) is 1. The molecule has 0 atom stereocenters. The van der Waals surface area contributed by atoms with E-state index in [-0.39, 0.29) is 29.2 Å². The fourth-order valence-electron chi connectivity index (χ4n) is 4.26. The molecule has 1 amide bonds. The maximum absolute atomic E-state index is 12.5. The van der Waals surface area contributed by atoms with Crippen LogP contribution in [0, 0.1) is 6.92 Å². The number of hydrogen-bond acceptors (Lipinski definition) is 8. The third-order valence-corrected chi connectivity index (χ3v) is 8.37. The van der Waals surface area contributed by atoms with E-state index in [9.17, 15) is 18.0 Å². The summed E-state index contributed by atoms with van der Waals surface area (Å²) < 4.78 is 42.8. The second-order valence-corrected chi connectivity index (χ2v) is 11.2. The molecule has 0 aliphatic carbocycles. The van der Waals surface area contributed by atoms with Crippen LogP contribution in [0.1, 0.15) is 39.9 Å². The molecule has 3 heterocycles. The number of halogens is 3. The van der Waals surface area contributed by atoms with E-state index < -0.39 is 11.6 Å². The Morgan fingerprint density at radius 2 is 1.97 bits per heavy atom. The van der Waals surface area contributed by atoms with Crippen molar-refractivity contribution in [2.45, 2.75) is 49.2 Å². The molecule has 1 aliphatic rings.